The smallest absolute Gasteiger partial charge is 0.216 e. The average Bonchev–Trinajstić information content (AvgIpc) is 3.11. The Morgan fingerprint density at radius 1 is 1.07 bits per heavy atom. The highest BCUT2D eigenvalue weighted by Gasteiger charge is 2.17. The molecule has 0 fully saturated rings. The second-order valence-corrected chi connectivity index (χ2v) is 6.86. The van der Waals surface area contributed by atoms with E-state index in [-0.39, 0.29) is 0 Å². The quantitative estimate of drug-likeness (QED) is 0.353. The molecule has 1 N–H and O–H groups in total. The van der Waals surface area contributed by atoms with Gasteiger partial charge in [-0.25, -0.2) is 5.10 Å². The molecule has 0 saturated carbocycles. The van der Waals surface area contributed by atoms with Crippen LogP contribution in [0.25, 0.3) is 11.4 Å². The molecule has 146 valence electrons. The summed E-state index contributed by atoms with van der Waals surface area (Å²) in [5.74, 6) is 2.08. The zero-order valence-corrected chi connectivity index (χ0v) is 17.6. The lowest BCUT2D eigenvalue weighted by atomic mass is 10.1. The predicted molar refractivity (Wildman–Crippen MR) is 114 cm³/mol. The zero-order chi connectivity index (χ0) is 20.1. The minimum absolute atomic E-state index is 0.376. The third kappa shape index (κ3) is 4.05. The minimum Gasteiger partial charge on any atom is -0.493 e. The van der Waals surface area contributed by atoms with Crippen LogP contribution < -0.4 is 14.2 Å². The maximum absolute atomic E-state index is 5.42. The van der Waals surface area contributed by atoms with Crippen molar-refractivity contribution in [3.63, 3.8) is 0 Å². The zero-order valence-electron chi connectivity index (χ0n) is 15.9. The number of thioether (sulfide) groups is 1. The molecule has 1 aromatic heterocycles. The number of hydrogen-bond donors (Lipinski definition) is 1. The van der Waals surface area contributed by atoms with E-state index in [2.05, 4.69) is 15.3 Å². The molecule has 0 aliphatic carbocycles. The van der Waals surface area contributed by atoms with Crippen LogP contribution in [-0.4, -0.2) is 48.7 Å². The van der Waals surface area contributed by atoms with Crippen LogP contribution >= 0.6 is 24.0 Å². The molecular weight excluding hydrogens is 396 g/mol. The van der Waals surface area contributed by atoms with Gasteiger partial charge in [-0.05, 0) is 48.3 Å². The van der Waals surface area contributed by atoms with Crippen molar-refractivity contribution in [1.82, 2.24) is 14.9 Å². The van der Waals surface area contributed by atoms with E-state index in [0.717, 1.165) is 11.1 Å². The first kappa shape index (κ1) is 20.0. The van der Waals surface area contributed by atoms with Crippen molar-refractivity contribution in [3.05, 3.63) is 46.7 Å². The van der Waals surface area contributed by atoms with Crippen molar-refractivity contribution in [2.45, 2.75) is 4.90 Å². The lowest BCUT2D eigenvalue weighted by molar-refractivity contribution is 0.324. The Balaban J connectivity index is 2.03. The number of aromatic nitrogens is 3. The Labute approximate surface area is 172 Å². The minimum atomic E-state index is 0.376. The number of hydrogen-bond acceptors (Lipinski definition) is 7. The van der Waals surface area contributed by atoms with Gasteiger partial charge in [-0.15, -0.1) is 11.8 Å². The van der Waals surface area contributed by atoms with Crippen LogP contribution in [-0.2, 0) is 0 Å². The molecule has 1 heterocycles. The third-order valence-electron chi connectivity index (χ3n) is 4.01. The standard InChI is InChI=1S/C19H20N4O3S2/c1-24-15-9-13(10-16(25-2)17(15)26-3)18-21-22-19(27)23(18)20-11-12-5-7-14(28-4)8-6-12/h5-11H,1-4H3,(H,22,27). The summed E-state index contributed by atoms with van der Waals surface area (Å²) in [6.45, 7) is 0. The summed E-state index contributed by atoms with van der Waals surface area (Å²) >= 11 is 7.03. The molecule has 7 nitrogen and oxygen atoms in total. The maximum atomic E-state index is 5.42. The fraction of sp³-hybridized carbons (Fsp3) is 0.211. The van der Waals surface area contributed by atoms with Gasteiger partial charge in [0, 0.05) is 10.5 Å². The van der Waals surface area contributed by atoms with Gasteiger partial charge >= 0.3 is 0 Å². The first-order valence-corrected chi connectivity index (χ1v) is 9.90. The van der Waals surface area contributed by atoms with E-state index in [0.29, 0.717) is 27.8 Å². The van der Waals surface area contributed by atoms with Crippen molar-refractivity contribution >= 4 is 30.2 Å². The van der Waals surface area contributed by atoms with E-state index in [1.165, 1.54) is 4.90 Å². The van der Waals surface area contributed by atoms with Crippen LogP contribution in [0.15, 0.2) is 46.4 Å². The highest BCUT2D eigenvalue weighted by molar-refractivity contribution is 7.98. The molecule has 0 spiro atoms. The van der Waals surface area contributed by atoms with Crippen molar-refractivity contribution in [3.8, 4) is 28.6 Å². The number of rotatable bonds is 7. The number of methoxy groups -OCH3 is 3. The van der Waals surface area contributed by atoms with Crippen molar-refractivity contribution in [2.75, 3.05) is 27.6 Å². The lowest BCUT2D eigenvalue weighted by Gasteiger charge is -2.13. The molecule has 0 atom stereocenters. The monoisotopic (exact) mass is 416 g/mol. The SMILES string of the molecule is COc1cc(-c2n[nH]c(=S)n2N=Cc2ccc(SC)cc2)cc(OC)c1OC. The Morgan fingerprint density at radius 3 is 2.25 bits per heavy atom. The van der Waals surface area contributed by atoms with Gasteiger partial charge in [0.25, 0.3) is 0 Å². The van der Waals surface area contributed by atoms with Crippen molar-refractivity contribution in [1.29, 1.82) is 0 Å². The highest BCUT2D eigenvalue weighted by atomic mass is 32.2. The number of aromatic amines is 1. The molecule has 0 aliphatic heterocycles. The van der Waals surface area contributed by atoms with Crippen LogP contribution in [0, 0.1) is 4.77 Å². The molecule has 28 heavy (non-hydrogen) atoms. The summed E-state index contributed by atoms with van der Waals surface area (Å²) in [5.41, 5.74) is 1.67. The summed E-state index contributed by atoms with van der Waals surface area (Å²) in [4.78, 5) is 1.19. The third-order valence-corrected chi connectivity index (χ3v) is 5.02. The first-order valence-electron chi connectivity index (χ1n) is 8.27. The predicted octanol–water partition coefficient (Wildman–Crippen LogP) is 4.24. The van der Waals surface area contributed by atoms with E-state index >= 15 is 0 Å². The molecule has 0 aliphatic rings. The van der Waals surface area contributed by atoms with E-state index in [1.54, 1.807) is 56.1 Å². The molecule has 0 radical (unpaired) electrons. The second kappa shape index (κ2) is 8.94. The molecule has 0 bridgehead atoms. The average molecular weight is 417 g/mol. The summed E-state index contributed by atoms with van der Waals surface area (Å²) < 4.78 is 18.1. The fourth-order valence-corrected chi connectivity index (χ4v) is 3.20. The number of nitrogens with zero attached hydrogens (tertiary/aromatic N) is 3. The number of H-pyrrole nitrogens is 1. The van der Waals surface area contributed by atoms with Crippen molar-refractivity contribution < 1.29 is 14.2 Å². The van der Waals surface area contributed by atoms with Gasteiger partial charge < -0.3 is 14.2 Å². The normalized spacial score (nSPS) is 11.0. The molecule has 9 heteroatoms. The Morgan fingerprint density at radius 2 is 1.71 bits per heavy atom. The van der Waals surface area contributed by atoms with Crippen LogP contribution in [0.4, 0.5) is 0 Å². The maximum Gasteiger partial charge on any atom is 0.216 e. The topological polar surface area (TPSA) is 73.7 Å². The summed E-state index contributed by atoms with van der Waals surface area (Å²) in [6.07, 6.45) is 3.77. The first-order chi connectivity index (χ1) is 13.6. The van der Waals surface area contributed by atoms with Crippen LogP contribution in [0.2, 0.25) is 0 Å². The van der Waals surface area contributed by atoms with Gasteiger partial charge in [0.2, 0.25) is 10.5 Å². The summed E-state index contributed by atoms with van der Waals surface area (Å²) in [5, 5.41) is 11.6. The fourth-order valence-electron chi connectivity index (χ4n) is 2.61. The molecular formula is C19H20N4O3S2. The van der Waals surface area contributed by atoms with Gasteiger partial charge in [-0.1, -0.05) is 12.1 Å². The van der Waals surface area contributed by atoms with Crippen molar-refractivity contribution in [2.24, 2.45) is 5.10 Å². The number of ether oxygens (including phenoxy) is 3. The van der Waals surface area contributed by atoms with Gasteiger partial charge in [0.05, 0.1) is 27.5 Å². The number of benzene rings is 2. The van der Waals surface area contributed by atoms with Crippen LogP contribution in [0.5, 0.6) is 17.2 Å². The van der Waals surface area contributed by atoms with Gasteiger partial charge in [-0.2, -0.15) is 14.9 Å². The van der Waals surface area contributed by atoms with E-state index in [4.69, 9.17) is 26.4 Å². The number of nitrogens with one attached hydrogen (secondary N) is 1. The van der Waals surface area contributed by atoms with Gasteiger partial charge in [0.1, 0.15) is 0 Å². The highest BCUT2D eigenvalue weighted by Crippen LogP contribution is 2.40. The summed E-state index contributed by atoms with van der Waals surface area (Å²) in [7, 11) is 4.69. The molecule has 0 saturated heterocycles. The largest absolute Gasteiger partial charge is 0.493 e. The molecule has 0 amide bonds. The Hall–Kier alpha value is -2.78. The Bertz CT molecular complexity index is 1020. The Kier molecular flexibility index (Phi) is 6.37. The van der Waals surface area contributed by atoms with E-state index in [9.17, 15) is 0 Å². The van der Waals surface area contributed by atoms with Crippen LogP contribution in [0.3, 0.4) is 0 Å². The van der Waals surface area contributed by atoms with E-state index in [1.807, 2.05) is 30.5 Å². The van der Waals surface area contributed by atoms with Gasteiger partial charge in [0.15, 0.2) is 17.3 Å². The molecule has 3 rings (SSSR count). The molecule has 0 unspecified atom stereocenters. The summed E-state index contributed by atoms with van der Waals surface area (Å²) in [6, 6.07) is 11.7. The van der Waals surface area contributed by atoms with E-state index < -0.39 is 0 Å². The van der Waals surface area contributed by atoms with Crippen LogP contribution in [0.1, 0.15) is 5.56 Å². The second-order valence-electron chi connectivity index (χ2n) is 5.60. The van der Waals surface area contributed by atoms with Gasteiger partial charge in [-0.3, -0.25) is 0 Å². The lowest BCUT2D eigenvalue weighted by Crippen LogP contribution is -1.99. The molecule has 3 aromatic rings. The molecule has 2 aromatic carbocycles.